The van der Waals surface area contributed by atoms with E-state index < -0.39 is 20.0 Å². The van der Waals surface area contributed by atoms with Crippen molar-refractivity contribution in [2.75, 3.05) is 32.1 Å². The van der Waals surface area contributed by atoms with E-state index in [0.717, 1.165) is 22.4 Å². The number of nitrogens with one attached hydrogen (secondary N) is 1. The molecule has 1 amide bonds. The van der Waals surface area contributed by atoms with Gasteiger partial charge in [0.2, 0.25) is 0 Å². The summed E-state index contributed by atoms with van der Waals surface area (Å²) in [4.78, 5) is 26.8. The first kappa shape index (κ1) is 33.7. The summed E-state index contributed by atoms with van der Waals surface area (Å²) in [6.07, 6.45) is -0.537. The quantitative estimate of drug-likeness (QED) is 0.213. The first-order chi connectivity index (χ1) is 18.4. The van der Waals surface area contributed by atoms with Gasteiger partial charge in [-0.2, -0.15) is 0 Å². The fourth-order valence-electron chi connectivity index (χ4n) is 3.80. The molecule has 0 aliphatic carbocycles. The average Bonchev–Trinajstić information content (AvgIpc) is 2.82. The lowest BCUT2D eigenvalue weighted by atomic mass is 10.1. The van der Waals surface area contributed by atoms with Gasteiger partial charge in [-0.3, -0.25) is 4.79 Å². The Morgan fingerprint density at radius 1 is 1.05 bits per heavy atom. The van der Waals surface area contributed by atoms with Crippen molar-refractivity contribution < 1.29 is 23.5 Å². The highest BCUT2D eigenvalue weighted by atomic mass is 35.5. The van der Waals surface area contributed by atoms with E-state index in [2.05, 4.69) is 39.2 Å². The molecular weight excluding hydrogens is 544 g/mol. The number of amides is 1. The number of ether oxygens (including phenoxy) is 2. The number of hydrogen-bond donors (Lipinski definition) is 1. The normalized spacial score (nSPS) is 13.0. The maximum Gasteiger partial charge on any atom is 0.410 e. The summed E-state index contributed by atoms with van der Waals surface area (Å²) in [7, 11) is -0.810. The zero-order valence-electron chi connectivity index (χ0n) is 25.8. The summed E-state index contributed by atoms with van der Waals surface area (Å²) < 4.78 is 17.4. The highest BCUT2D eigenvalue weighted by Gasteiger charge is 2.40. The number of rotatable bonds is 11. The van der Waals surface area contributed by atoms with Crippen LogP contribution in [0.2, 0.25) is 23.2 Å². The Balaban J connectivity index is 2.28. The van der Waals surface area contributed by atoms with Crippen LogP contribution in [0.25, 0.3) is 0 Å². The van der Waals surface area contributed by atoms with E-state index in [9.17, 15) is 9.59 Å². The lowest BCUT2D eigenvalue weighted by Crippen LogP contribution is -2.46. The third-order valence-electron chi connectivity index (χ3n) is 7.12. The third-order valence-corrected chi connectivity index (χ3v) is 11.8. The maximum absolute atomic E-state index is 13.4. The van der Waals surface area contributed by atoms with Gasteiger partial charge in [-0.05, 0) is 86.8 Å². The highest BCUT2D eigenvalue weighted by molar-refractivity contribution is 6.74. The van der Waals surface area contributed by atoms with Crippen LogP contribution in [0.1, 0.15) is 64.3 Å². The second-order valence-corrected chi connectivity index (χ2v) is 17.9. The Kier molecular flexibility index (Phi) is 11.7. The molecule has 2 aromatic carbocycles. The van der Waals surface area contributed by atoms with E-state index >= 15 is 0 Å². The van der Waals surface area contributed by atoms with Crippen LogP contribution in [0.15, 0.2) is 42.5 Å². The number of hydrogen-bond acceptors (Lipinski definition) is 6. The molecule has 40 heavy (non-hydrogen) atoms. The zero-order chi connectivity index (χ0) is 30.3. The molecule has 7 nitrogen and oxygen atoms in total. The molecule has 2 aromatic rings. The summed E-state index contributed by atoms with van der Waals surface area (Å²) in [6, 6.07) is 13.5. The highest BCUT2D eigenvalue weighted by Crippen LogP contribution is 2.40. The van der Waals surface area contributed by atoms with Crippen LogP contribution in [-0.4, -0.2) is 57.6 Å². The number of methoxy groups -OCH3 is 1. The number of nitrogens with zero attached hydrogens (tertiary/aromatic N) is 1. The van der Waals surface area contributed by atoms with Crippen molar-refractivity contribution in [3.05, 3.63) is 64.2 Å². The summed E-state index contributed by atoms with van der Waals surface area (Å²) >= 11 is 6.36. The van der Waals surface area contributed by atoms with Crippen molar-refractivity contribution in [1.29, 1.82) is 0 Å². The Bertz CT molecular complexity index is 1160. The van der Waals surface area contributed by atoms with E-state index in [0.29, 0.717) is 24.7 Å². The van der Waals surface area contributed by atoms with Crippen LogP contribution < -0.4 is 5.32 Å². The van der Waals surface area contributed by atoms with Crippen molar-refractivity contribution in [2.24, 2.45) is 0 Å². The fraction of sp³-hybridized carbons (Fsp3) is 0.548. The molecule has 0 saturated carbocycles. The molecule has 0 aromatic heterocycles. The van der Waals surface area contributed by atoms with E-state index in [4.69, 9.17) is 25.5 Å². The van der Waals surface area contributed by atoms with E-state index in [1.165, 1.54) is 7.11 Å². The van der Waals surface area contributed by atoms with Crippen LogP contribution >= 0.6 is 11.6 Å². The molecule has 222 valence electrons. The van der Waals surface area contributed by atoms with Crippen LogP contribution in [0.3, 0.4) is 0 Å². The number of esters is 1. The number of anilines is 1. The van der Waals surface area contributed by atoms with Crippen LogP contribution in [0.4, 0.5) is 10.5 Å². The number of aryl methyl sites for hydroxylation is 1. The van der Waals surface area contributed by atoms with Crippen molar-refractivity contribution in [1.82, 2.24) is 4.90 Å². The summed E-state index contributed by atoms with van der Waals surface area (Å²) in [5.41, 5.74) is 3.10. The van der Waals surface area contributed by atoms with Crippen LogP contribution in [-0.2, 0) is 25.1 Å². The molecular formula is C31H47ClN2O5Si. The van der Waals surface area contributed by atoms with Gasteiger partial charge in [-0.25, -0.2) is 4.79 Å². The van der Waals surface area contributed by atoms with Gasteiger partial charge in [-0.1, -0.05) is 50.6 Å². The molecule has 0 spiro atoms. The largest absolute Gasteiger partial charge is 0.469 e. The van der Waals surface area contributed by atoms with Gasteiger partial charge in [0.1, 0.15) is 5.60 Å². The summed E-state index contributed by atoms with van der Waals surface area (Å²) in [5.74, 6) is -0.272. The Morgan fingerprint density at radius 3 is 2.27 bits per heavy atom. The monoisotopic (exact) mass is 590 g/mol. The number of carbonyl (C=O) groups excluding carboxylic acids is 2. The Hall–Kier alpha value is -2.55. The van der Waals surface area contributed by atoms with Gasteiger partial charge in [0.25, 0.3) is 0 Å². The van der Waals surface area contributed by atoms with Crippen LogP contribution in [0.5, 0.6) is 0 Å². The second kappa shape index (κ2) is 13.9. The second-order valence-electron chi connectivity index (χ2n) is 12.7. The molecule has 0 saturated heterocycles. The van der Waals surface area contributed by atoms with E-state index in [1.807, 2.05) is 70.2 Å². The maximum atomic E-state index is 13.4. The van der Waals surface area contributed by atoms with Gasteiger partial charge in [-0.15, -0.1) is 0 Å². The Morgan fingerprint density at radius 2 is 1.73 bits per heavy atom. The Labute approximate surface area is 246 Å². The minimum absolute atomic E-state index is 0.0139. The lowest BCUT2D eigenvalue weighted by molar-refractivity contribution is -0.139. The predicted molar refractivity (Wildman–Crippen MR) is 166 cm³/mol. The molecule has 2 rings (SSSR count). The lowest BCUT2D eigenvalue weighted by Gasteiger charge is -2.40. The average molecular weight is 591 g/mol. The number of benzene rings is 2. The zero-order valence-corrected chi connectivity index (χ0v) is 27.6. The molecule has 0 bridgehead atoms. The van der Waals surface area contributed by atoms with Gasteiger partial charge >= 0.3 is 12.1 Å². The van der Waals surface area contributed by atoms with Crippen molar-refractivity contribution >= 4 is 37.7 Å². The minimum atomic E-state index is -2.20. The molecule has 0 heterocycles. The SMILES string of the molecule is COC(=O)Cc1ccc(NCCN(CC(O[Si](C)(C)C(C)(C)C)c2cccc(Cl)c2)C(=O)OC(C)(C)C)cc1C. The minimum Gasteiger partial charge on any atom is -0.469 e. The van der Waals surface area contributed by atoms with Crippen molar-refractivity contribution in [2.45, 2.75) is 84.7 Å². The van der Waals surface area contributed by atoms with Gasteiger partial charge in [0.15, 0.2) is 8.32 Å². The van der Waals surface area contributed by atoms with Gasteiger partial charge < -0.3 is 24.1 Å². The molecule has 0 aliphatic heterocycles. The first-order valence-corrected chi connectivity index (χ1v) is 17.0. The third kappa shape index (κ3) is 10.4. The van der Waals surface area contributed by atoms with Crippen LogP contribution in [0, 0.1) is 6.92 Å². The summed E-state index contributed by atoms with van der Waals surface area (Å²) in [6.45, 7) is 19.8. The molecule has 9 heteroatoms. The number of halogens is 1. The van der Waals surface area contributed by atoms with Crippen molar-refractivity contribution in [3.63, 3.8) is 0 Å². The molecule has 1 atom stereocenters. The van der Waals surface area contributed by atoms with E-state index in [-0.39, 0.29) is 23.5 Å². The molecule has 1 unspecified atom stereocenters. The molecule has 0 radical (unpaired) electrons. The summed E-state index contributed by atoms with van der Waals surface area (Å²) in [5, 5.41) is 4.01. The molecule has 1 N–H and O–H groups in total. The smallest absolute Gasteiger partial charge is 0.410 e. The van der Waals surface area contributed by atoms with E-state index in [1.54, 1.807) is 4.90 Å². The fourth-order valence-corrected chi connectivity index (χ4v) is 5.28. The molecule has 0 aliphatic rings. The number of carbonyl (C=O) groups is 2. The van der Waals surface area contributed by atoms with Gasteiger partial charge in [0.05, 0.1) is 26.2 Å². The predicted octanol–water partition coefficient (Wildman–Crippen LogP) is 7.78. The van der Waals surface area contributed by atoms with Gasteiger partial charge in [0, 0.05) is 23.8 Å². The topological polar surface area (TPSA) is 77.1 Å². The molecule has 0 fully saturated rings. The standard InChI is InChI=1S/C31H47ClN2O5Si/c1-22-18-26(15-14-23(22)20-28(35)37-8)33-16-17-34(29(36)38-30(2,3)4)21-27(24-12-11-13-25(32)19-24)39-40(9,10)31(5,6)7/h11-15,18-19,27,33H,16-17,20-21H2,1-10H3. The first-order valence-electron chi connectivity index (χ1n) is 13.7. The van der Waals surface area contributed by atoms with Crippen molar-refractivity contribution in [3.8, 4) is 0 Å².